The van der Waals surface area contributed by atoms with E-state index in [4.69, 9.17) is 9.47 Å². The SMILES string of the molecule is COC(=O)[C@](C)(Cc1ccc(O)c(O)c1)NC(=O)OCc1ccccc1. The first kappa shape index (κ1) is 19.1. The number of ether oxygens (including phenoxy) is 2. The zero-order valence-corrected chi connectivity index (χ0v) is 14.6. The number of benzene rings is 2. The fraction of sp³-hybridized carbons (Fsp3) is 0.263. The maximum Gasteiger partial charge on any atom is 0.408 e. The van der Waals surface area contributed by atoms with Gasteiger partial charge in [0, 0.05) is 6.42 Å². The van der Waals surface area contributed by atoms with E-state index in [9.17, 15) is 19.8 Å². The van der Waals surface area contributed by atoms with Gasteiger partial charge in [0.1, 0.15) is 12.1 Å². The molecule has 7 heteroatoms. The fourth-order valence-electron chi connectivity index (χ4n) is 2.46. The van der Waals surface area contributed by atoms with Crippen molar-refractivity contribution in [1.29, 1.82) is 0 Å². The third-order valence-electron chi connectivity index (χ3n) is 3.82. The predicted octanol–water partition coefficient (Wildman–Crippen LogP) is 2.50. The summed E-state index contributed by atoms with van der Waals surface area (Å²) in [4.78, 5) is 24.3. The van der Waals surface area contributed by atoms with Gasteiger partial charge in [0.15, 0.2) is 11.5 Å². The van der Waals surface area contributed by atoms with Crippen LogP contribution in [-0.2, 0) is 27.3 Å². The average Bonchev–Trinajstić information content (AvgIpc) is 2.63. The van der Waals surface area contributed by atoms with Crippen molar-refractivity contribution >= 4 is 12.1 Å². The number of methoxy groups -OCH3 is 1. The van der Waals surface area contributed by atoms with Crippen molar-refractivity contribution in [3.8, 4) is 11.5 Å². The van der Waals surface area contributed by atoms with E-state index in [2.05, 4.69) is 5.32 Å². The summed E-state index contributed by atoms with van der Waals surface area (Å²) in [5.41, 5.74) is -0.0752. The first-order valence-corrected chi connectivity index (χ1v) is 7.92. The largest absolute Gasteiger partial charge is 0.504 e. The summed E-state index contributed by atoms with van der Waals surface area (Å²) in [5, 5.41) is 21.5. The van der Waals surface area contributed by atoms with Gasteiger partial charge in [-0.2, -0.15) is 0 Å². The lowest BCUT2D eigenvalue weighted by atomic mass is 9.92. The van der Waals surface area contributed by atoms with Crippen LogP contribution >= 0.6 is 0 Å². The Morgan fingerprint density at radius 3 is 2.35 bits per heavy atom. The topological polar surface area (TPSA) is 105 Å². The molecule has 2 rings (SSSR count). The highest BCUT2D eigenvalue weighted by Gasteiger charge is 2.37. The van der Waals surface area contributed by atoms with Crippen LogP contribution in [0, 0.1) is 0 Å². The van der Waals surface area contributed by atoms with E-state index >= 15 is 0 Å². The number of amides is 1. The quantitative estimate of drug-likeness (QED) is 0.541. The molecular weight excluding hydrogens is 338 g/mol. The van der Waals surface area contributed by atoms with Crippen molar-refractivity contribution in [2.45, 2.75) is 25.5 Å². The third-order valence-corrected chi connectivity index (χ3v) is 3.82. The van der Waals surface area contributed by atoms with E-state index in [0.29, 0.717) is 5.56 Å². The molecule has 138 valence electrons. The third kappa shape index (κ3) is 4.89. The molecule has 0 spiro atoms. The molecule has 0 unspecified atom stereocenters. The van der Waals surface area contributed by atoms with Gasteiger partial charge in [-0.05, 0) is 30.2 Å². The Morgan fingerprint density at radius 1 is 1.04 bits per heavy atom. The fourth-order valence-corrected chi connectivity index (χ4v) is 2.46. The van der Waals surface area contributed by atoms with Crippen LogP contribution in [0.25, 0.3) is 0 Å². The molecule has 0 aromatic heterocycles. The van der Waals surface area contributed by atoms with Crippen LogP contribution in [0.4, 0.5) is 4.79 Å². The number of carbonyl (C=O) groups is 2. The predicted molar refractivity (Wildman–Crippen MR) is 93.7 cm³/mol. The van der Waals surface area contributed by atoms with Gasteiger partial charge in [-0.3, -0.25) is 0 Å². The number of rotatable bonds is 6. The summed E-state index contributed by atoms with van der Waals surface area (Å²) >= 11 is 0. The summed E-state index contributed by atoms with van der Waals surface area (Å²) in [6, 6.07) is 13.3. The van der Waals surface area contributed by atoms with Crippen LogP contribution in [0.2, 0.25) is 0 Å². The van der Waals surface area contributed by atoms with Crippen molar-refractivity contribution < 1.29 is 29.3 Å². The van der Waals surface area contributed by atoms with E-state index in [1.807, 2.05) is 30.3 Å². The lowest BCUT2D eigenvalue weighted by molar-refractivity contribution is -0.147. The first-order valence-electron chi connectivity index (χ1n) is 7.92. The Balaban J connectivity index is 2.08. The molecule has 0 saturated heterocycles. The Bertz CT molecular complexity index is 777. The van der Waals surface area contributed by atoms with Crippen LogP contribution < -0.4 is 5.32 Å². The molecule has 1 atom stereocenters. The van der Waals surface area contributed by atoms with Gasteiger partial charge >= 0.3 is 12.1 Å². The highest BCUT2D eigenvalue weighted by molar-refractivity contribution is 5.85. The highest BCUT2D eigenvalue weighted by atomic mass is 16.6. The summed E-state index contributed by atoms with van der Waals surface area (Å²) in [6.45, 7) is 1.55. The van der Waals surface area contributed by atoms with E-state index < -0.39 is 17.6 Å². The van der Waals surface area contributed by atoms with Crippen LogP contribution in [0.1, 0.15) is 18.1 Å². The van der Waals surface area contributed by atoms with Gasteiger partial charge < -0.3 is 25.0 Å². The molecule has 2 aromatic carbocycles. The molecule has 0 heterocycles. The number of esters is 1. The van der Waals surface area contributed by atoms with Crippen molar-refractivity contribution in [1.82, 2.24) is 5.32 Å². The minimum Gasteiger partial charge on any atom is -0.504 e. The molecule has 26 heavy (non-hydrogen) atoms. The van der Waals surface area contributed by atoms with Crippen LogP contribution in [0.15, 0.2) is 48.5 Å². The average molecular weight is 359 g/mol. The number of nitrogens with one attached hydrogen (secondary N) is 1. The zero-order valence-electron chi connectivity index (χ0n) is 14.6. The van der Waals surface area contributed by atoms with Crippen LogP contribution in [-0.4, -0.2) is 34.9 Å². The van der Waals surface area contributed by atoms with Gasteiger partial charge in [-0.1, -0.05) is 36.4 Å². The van der Waals surface area contributed by atoms with E-state index in [-0.39, 0.29) is 24.5 Å². The number of aromatic hydroxyl groups is 2. The van der Waals surface area contributed by atoms with Crippen LogP contribution in [0.3, 0.4) is 0 Å². The number of hydrogen-bond acceptors (Lipinski definition) is 6. The normalized spacial score (nSPS) is 12.7. The van der Waals surface area contributed by atoms with Gasteiger partial charge in [0.2, 0.25) is 0 Å². The molecule has 2 aromatic rings. The molecule has 0 aliphatic rings. The number of hydrogen-bond donors (Lipinski definition) is 3. The Morgan fingerprint density at radius 2 is 1.73 bits per heavy atom. The number of alkyl carbamates (subject to hydrolysis) is 1. The minimum absolute atomic E-state index is 0.0357. The number of phenols is 2. The molecule has 1 amide bonds. The molecular formula is C19H21NO6. The van der Waals surface area contributed by atoms with Gasteiger partial charge in [0.05, 0.1) is 7.11 Å². The second-order valence-electron chi connectivity index (χ2n) is 6.01. The molecule has 0 aliphatic carbocycles. The highest BCUT2D eigenvalue weighted by Crippen LogP contribution is 2.27. The first-order chi connectivity index (χ1) is 12.3. The van der Waals surface area contributed by atoms with E-state index in [0.717, 1.165) is 5.56 Å². The molecule has 0 bridgehead atoms. The summed E-state index contributed by atoms with van der Waals surface area (Å²) in [5.74, 6) is -1.26. The van der Waals surface area contributed by atoms with Crippen molar-refractivity contribution in [2.75, 3.05) is 7.11 Å². The molecule has 0 saturated carbocycles. The Kier molecular flexibility index (Phi) is 6.06. The molecule has 7 nitrogen and oxygen atoms in total. The molecule has 0 aliphatic heterocycles. The lowest BCUT2D eigenvalue weighted by Crippen LogP contribution is -2.54. The van der Waals surface area contributed by atoms with Gasteiger partial charge in [-0.15, -0.1) is 0 Å². The van der Waals surface area contributed by atoms with E-state index in [1.165, 1.54) is 32.2 Å². The standard InChI is InChI=1S/C19H21NO6/c1-19(17(23)25-2,11-14-8-9-15(21)16(22)10-14)20-18(24)26-12-13-6-4-3-5-7-13/h3-10,21-22H,11-12H2,1-2H3,(H,20,24)/t19-/m0/s1. The molecule has 3 N–H and O–H groups in total. The number of phenolic OH excluding ortho intramolecular Hbond substituents is 2. The maximum absolute atomic E-state index is 12.2. The van der Waals surface area contributed by atoms with E-state index in [1.54, 1.807) is 0 Å². The number of carbonyl (C=O) groups excluding carboxylic acids is 2. The Hall–Kier alpha value is -3.22. The smallest absolute Gasteiger partial charge is 0.408 e. The monoisotopic (exact) mass is 359 g/mol. The van der Waals surface area contributed by atoms with Crippen LogP contribution in [0.5, 0.6) is 11.5 Å². The second-order valence-corrected chi connectivity index (χ2v) is 6.01. The lowest BCUT2D eigenvalue weighted by Gasteiger charge is -2.27. The van der Waals surface area contributed by atoms with Gasteiger partial charge in [-0.25, -0.2) is 9.59 Å². The summed E-state index contributed by atoms with van der Waals surface area (Å²) in [6.07, 6.45) is -0.738. The van der Waals surface area contributed by atoms with Crippen molar-refractivity contribution in [3.63, 3.8) is 0 Å². The zero-order chi connectivity index (χ0) is 19.2. The Labute approximate surface area is 151 Å². The molecule has 0 fully saturated rings. The summed E-state index contributed by atoms with van der Waals surface area (Å²) < 4.78 is 9.94. The second kappa shape index (κ2) is 8.24. The molecule has 0 radical (unpaired) electrons. The minimum atomic E-state index is -1.41. The summed E-state index contributed by atoms with van der Waals surface area (Å²) in [7, 11) is 1.21. The maximum atomic E-state index is 12.2. The van der Waals surface area contributed by atoms with Gasteiger partial charge in [0.25, 0.3) is 0 Å². The van der Waals surface area contributed by atoms with Crippen molar-refractivity contribution in [2.24, 2.45) is 0 Å². The van der Waals surface area contributed by atoms with Crippen molar-refractivity contribution in [3.05, 3.63) is 59.7 Å².